The van der Waals surface area contributed by atoms with Crippen molar-refractivity contribution in [3.05, 3.63) is 11.9 Å². The average Bonchev–Trinajstić information content (AvgIpc) is 2.77. The summed E-state index contributed by atoms with van der Waals surface area (Å²) in [6.07, 6.45) is 5.44. The van der Waals surface area contributed by atoms with Gasteiger partial charge in [0.1, 0.15) is 18.0 Å². The zero-order valence-electron chi connectivity index (χ0n) is 11.7. The second-order valence-electron chi connectivity index (χ2n) is 5.54. The number of rotatable bonds is 4. The molecule has 1 unspecified atom stereocenters. The molecule has 1 aromatic rings. The molecule has 2 rings (SSSR count). The summed E-state index contributed by atoms with van der Waals surface area (Å²) in [7, 11) is 0. The van der Waals surface area contributed by atoms with E-state index in [1.165, 1.54) is 19.3 Å². The van der Waals surface area contributed by atoms with Gasteiger partial charge in [0.15, 0.2) is 0 Å². The summed E-state index contributed by atoms with van der Waals surface area (Å²) < 4.78 is 0. The molecule has 1 fully saturated rings. The normalized spacial score (nSPS) is 19.8. The molecule has 0 aliphatic carbocycles. The standard InChI is InChI=1S/C14H24N4/c1-4-5-11-6-7-18(8-11)14-12(10(2)3)13(15)16-9-17-14/h9-11H,4-8H2,1-3H3,(H2,15,16,17). The van der Waals surface area contributed by atoms with Crippen molar-refractivity contribution >= 4 is 11.6 Å². The monoisotopic (exact) mass is 248 g/mol. The minimum absolute atomic E-state index is 0.367. The topological polar surface area (TPSA) is 55.0 Å². The quantitative estimate of drug-likeness (QED) is 0.890. The van der Waals surface area contributed by atoms with Gasteiger partial charge in [0.05, 0.1) is 0 Å². The Balaban J connectivity index is 2.21. The van der Waals surface area contributed by atoms with E-state index in [1.807, 2.05) is 0 Å². The van der Waals surface area contributed by atoms with Crippen LogP contribution >= 0.6 is 0 Å². The minimum atomic E-state index is 0.367. The van der Waals surface area contributed by atoms with Gasteiger partial charge in [-0.05, 0) is 24.7 Å². The fraction of sp³-hybridized carbons (Fsp3) is 0.714. The molecule has 1 saturated heterocycles. The fourth-order valence-corrected chi connectivity index (χ4v) is 2.87. The molecule has 1 aliphatic heterocycles. The van der Waals surface area contributed by atoms with Crippen molar-refractivity contribution in [1.29, 1.82) is 0 Å². The van der Waals surface area contributed by atoms with E-state index in [-0.39, 0.29) is 0 Å². The molecule has 0 bridgehead atoms. The molecule has 0 amide bonds. The first-order valence-corrected chi connectivity index (χ1v) is 6.98. The number of nitrogen functional groups attached to an aromatic ring is 1. The van der Waals surface area contributed by atoms with Crippen LogP contribution in [0.15, 0.2) is 6.33 Å². The molecule has 4 nitrogen and oxygen atoms in total. The van der Waals surface area contributed by atoms with E-state index >= 15 is 0 Å². The summed E-state index contributed by atoms with van der Waals surface area (Å²) in [4.78, 5) is 11.0. The van der Waals surface area contributed by atoms with Gasteiger partial charge >= 0.3 is 0 Å². The lowest BCUT2D eigenvalue weighted by atomic mass is 10.0. The average molecular weight is 248 g/mol. The molecule has 0 aromatic carbocycles. The van der Waals surface area contributed by atoms with Crippen molar-refractivity contribution in [3.8, 4) is 0 Å². The van der Waals surface area contributed by atoms with Gasteiger partial charge in [-0.3, -0.25) is 0 Å². The predicted octanol–water partition coefficient (Wildman–Crippen LogP) is 2.81. The third kappa shape index (κ3) is 2.57. The van der Waals surface area contributed by atoms with Crippen molar-refractivity contribution in [2.75, 3.05) is 23.7 Å². The van der Waals surface area contributed by atoms with Gasteiger partial charge < -0.3 is 10.6 Å². The van der Waals surface area contributed by atoms with E-state index < -0.39 is 0 Å². The first kappa shape index (κ1) is 13.1. The maximum Gasteiger partial charge on any atom is 0.137 e. The van der Waals surface area contributed by atoms with E-state index in [1.54, 1.807) is 6.33 Å². The maximum absolute atomic E-state index is 6.01. The Kier molecular flexibility index (Phi) is 4.04. The van der Waals surface area contributed by atoms with Crippen molar-refractivity contribution in [2.24, 2.45) is 5.92 Å². The number of hydrogen-bond donors (Lipinski definition) is 1. The van der Waals surface area contributed by atoms with Crippen LogP contribution in [-0.4, -0.2) is 23.1 Å². The van der Waals surface area contributed by atoms with E-state index in [4.69, 9.17) is 5.73 Å². The highest BCUT2D eigenvalue weighted by molar-refractivity contribution is 5.58. The molecule has 18 heavy (non-hydrogen) atoms. The molecule has 0 spiro atoms. The van der Waals surface area contributed by atoms with Crippen LogP contribution < -0.4 is 10.6 Å². The second-order valence-corrected chi connectivity index (χ2v) is 5.54. The summed E-state index contributed by atoms with van der Waals surface area (Å²) in [5.41, 5.74) is 7.11. The van der Waals surface area contributed by atoms with Crippen molar-refractivity contribution in [2.45, 2.75) is 46.0 Å². The first-order valence-electron chi connectivity index (χ1n) is 6.98. The van der Waals surface area contributed by atoms with Crippen LogP contribution in [0.2, 0.25) is 0 Å². The minimum Gasteiger partial charge on any atom is -0.383 e. The van der Waals surface area contributed by atoms with E-state index in [2.05, 4.69) is 35.6 Å². The Morgan fingerprint density at radius 3 is 2.89 bits per heavy atom. The molecule has 1 aliphatic rings. The lowest BCUT2D eigenvalue weighted by Crippen LogP contribution is -2.23. The van der Waals surface area contributed by atoms with Crippen molar-refractivity contribution in [1.82, 2.24) is 9.97 Å². The van der Waals surface area contributed by atoms with Gasteiger partial charge in [-0.15, -0.1) is 0 Å². The van der Waals surface area contributed by atoms with Crippen LogP contribution in [-0.2, 0) is 0 Å². The lowest BCUT2D eigenvalue weighted by Gasteiger charge is -2.22. The number of aromatic nitrogens is 2. The highest BCUT2D eigenvalue weighted by atomic mass is 15.2. The Labute approximate surface area is 110 Å². The largest absolute Gasteiger partial charge is 0.383 e. The predicted molar refractivity (Wildman–Crippen MR) is 75.8 cm³/mol. The van der Waals surface area contributed by atoms with E-state index in [9.17, 15) is 0 Å². The highest BCUT2D eigenvalue weighted by Gasteiger charge is 2.26. The zero-order chi connectivity index (χ0) is 13.1. The highest BCUT2D eigenvalue weighted by Crippen LogP contribution is 2.33. The van der Waals surface area contributed by atoms with Crippen LogP contribution in [0.3, 0.4) is 0 Å². The molecule has 2 N–H and O–H groups in total. The molecule has 1 aromatic heterocycles. The SMILES string of the molecule is CCCC1CCN(c2ncnc(N)c2C(C)C)C1. The molecule has 100 valence electrons. The van der Waals surface area contributed by atoms with Crippen LogP contribution in [0.25, 0.3) is 0 Å². The molecular weight excluding hydrogens is 224 g/mol. The summed E-state index contributed by atoms with van der Waals surface area (Å²) in [5.74, 6) is 2.86. The number of nitrogens with zero attached hydrogens (tertiary/aromatic N) is 3. The summed E-state index contributed by atoms with van der Waals surface area (Å²) in [6.45, 7) is 8.77. The van der Waals surface area contributed by atoms with Gasteiger partial charge in [-0.1, -0.05) is 27.2 Å². The van der Waals surface area contributed by atoms with Crippen LogP contribution in [0.5, 0.6) is 0 Å². The lowest BCUT2D eigenvalue weighted by molar-refractivity contribution is 0.529. The number of nitrogens with two attached hydrogens (primary N) is 1. The smallest absolute Gasteiger partial charge is 0.137 e. The maximum atomic E-state index is 6.01. The molecule has 4 heteroatoms. The van der Waals surface area contributed by atoms with Gasteiger partial charge in [-0.25, -0.2) is 9.97 Å². The zero-order valence-corrected chi connectivity index (χ0v) is 11.7. The summed E-state index contributed by atoms with van der Waals surface area (Å²) in [6, 6.07) is 0. The third-order valence-corrected chi connectivity index (χ3v) is 3.75. The van der Waals surface area contributed by atoms with Crippen LogP contribution in [0, 0.1) is 5.92 Å². The number of hydrogen-bond acceptors (Lipinski definition) is 4. The van der Waals surface area contributed by atoms with Crippen molar-refractivity contribution < 1.29 is 0 Å². The first-order chi connectivity index (χ1) is 8.63. The van der Waals surface area contributed by atoms with Gasteiger partial charge in [-0.2, -0.15) is 0 Å². The molecule has 0 radical (unpaired) electrons. The third-order valence-electron chi connectivity index (χ3n) is 3.75. The second kappa shape index (κ2) is 5.55. The Morgan fingerprint density at radius 2 is 2.22 bits per heavy atom. The van der Waals surface area contributed by atoms with Crippen molar-refractivity contribution in [3.63, 3.8) is 0 Å². The Bertz CT molecular complexity index is 403. The molecule has 1 atom stereocenters. The molecule has 0 saturated carbocycles. The summed E-state index contributed by atoms with van der Waals surface area (Å²) >= 11 is 0. The van der Waals surface area contributed by atoms with Gasteiger partial charge in [0.2, 0.25) is 0 Å². The van der Waals surface area contributed by atoms with E-state index in [0.29, 0.717) is 11.7 Å². The number of anilines is 2. The van der Waals surface area contributed by atoms with Crippen LogP contribution in [0.4, 0.5) is 11.6 Å². The molecule has 2 heterocycles. The molecular formula is C14H24N4. The fourth-order valence-electron chi connectivity index (χ4n) is 2.87. The Hall–Kier alpha value is -1.32. The van der Waals surface area contributed by atoms with Gasteiger partial charge in [0.25, 0.3) is 0 Å². The Morgan fingerprint density at radius 1 is 1.44 bits per heavy atom. The van der Waals surface area contributed by atoms with Crippen LogP contribution in [0.1, 0.15) is 51.5 Å². The van der Waals surface area contributed by atoms with E-state index in [0.717, 1.165) is 30.4 Å². The summed E-state index contributed by atoms with van der Waals surface area (Å²) in [5, 5.41) is 0. The van der Waals surface area contributed by atoms with Gasteiger partial charge in [0, 0.05) is 18.7 Å².